The van der Waals surface area contributed by atoms with Crippen LogP contribution in [0.1, 0.15) is 17.0 Å². The number of rotatable bonds is 6. The summed E-state index contributed by atoms with van der Waals surface area (Å²) in [7, 11) is -3.72. The van der Waals surface area contributed by atoms with Gasteiger partial charge in [0.15, 0.2) is 0 Å². The molecule has 0 atom stereocenters. The maximum Gasteiger partial charge on any atom is 0.218 e. The van der Waals surface area contributed by atoms with E-state index in [9.17, 15) is 17.2 Å². The SMILES string of the molecule is Cc1ccnc(Nc2cc(N3CCN(S(=O)(=O)Cc4cc(F)cc(F)c4)CC3)nc(C)n2)c1. The van der Waals surface area contributed by atoms with E-state index in [1.807, 2.05) is 24.0 Å². The first-order valence-corrected chi connectivity index (χ1v) is 12.0. The number of aromatic nitrogens is 3. The first-order chi connectivity index (χ1) is 15.7. The molecule has 0 bridgehead atoms. The predicted octanol–water partition coefficient (Wildman–Crippen LogP) is 3.16. The molecule has 1 aromatic carbocycles. The zero-order valence-corrected chi connectivity index (χ0v) is 19.1. The fourth-order valence-corrected chi connectivity index (χ4v) is 5.20. The van der Waals surface area contributed by atoms with Crippen LogP contribution in [0.25, 0.3) is 0 Å². The first-order valence-electron chi connectivity index (χ1n) is 10.4. The molecular weight excluding hydrogens is 450 g/mol. The molecule has 1 fully saturated rings. The summed E-state index contributed by atoms with van der Waals surface area (Å²) in [5, 5.41) is 3.18. The van der Waals surface area contributed by atoms with Crippen LogP contribution in [0.4, 0.5) is 26.2 Å². The molecule has 1 N–H and O–H groups in total. The minimum absolute atomic E-state index is 0.0850. The summed E-state index contributed by atoms with van der Waals surface area (Å²) >= 11 is 0. The van der Waals surface area contributed by atoms with Crippen molar-refractivity contribution in [3.05, 3.63) is 71.2 Å². The first kappa shape index (κ1) is 23.0. The number of hydrogen-bond donors (Lipinski definition) is 1. The molecule has 11 heteroatoms. The molecule has 1 saturated heterocycles. The largest absolute Gasteiger partial charge is 0.354 e. The molecule has 1 aliphatic heterocycles. The van der Waals surface area contributed by atoms with Crippen LogP contribution < -0.4 is 10.2 Å². The van der Waals surface area contributed by atoms with Crippen LogP contribution in [0, 0.1) is 25.5 Å². The third kappa shape index (κ3) is 5.79. The molecule has 0 amide bonds. The third-order valence-corrected chi connectivity index (χ3v) is 7.07. The lowest BCUT2D eigenvalue weighted by Gasteiger charge is -2.34. The van der Waals surface area contributed by atoms with Crippen LogP contribution >= 0.6 is 0 Å². The van der Waals surface area contributed by atoms with Gasteiger partial charge in [-0.1, -0.05) is 0 Å². The average Bonchev–Trinajstić information content (AvgIpc) is 2.72. The van der Waals surface area contributed by atoms with E-state index in [0.717, 1.165) is 23.8 Å². The molecule has 1 aliphatic rings. The maximum atomic E-state index is 13.4. The van der Waals surface area contributed by atoms with Crippen LogP contribution in [0.2, 0.25) is 0 Å². The van der Waals surface area contributed by atoms with Crippen LogP contribution in [-0.4, -0.2) is 53.9 Å². The topological polar surface area (TPSA) is 91.3 Å². The second-order valence-corrected chi connectivity index (χ2v) is 9.89. The van der Waals surface area contributed by atoms with Gasteiger partial charge in [0.1, 0.15) is 34.9 Å². The summed E-state index contributed by atoms with van der Waals surface area (Å²) in [6, 6.07) is 8.41. The standard InChI is InChI=1S/C22H24F2N6O2S/c1-15-3-4-25-20(9-15)28-21-13-22(27-16(2)26-21)29-5-7-30(8-6-29)33(31,32)14-17-10-18(23)12-19(24)11-17/h3-4,9-13H,5-8,14H2,1-2H3,(H,25,26,27,28). The number of halogens is 2. The van der Waals surface area contributed by atoms with Crippen molar-refractivity contribution < 1.29 is 17.2 Å². The molecule has 4 rings (SSSR count). The Balaban J connectivity index is 1.43. The summed E-state index contributed by atoms with van der Waals surface area (Å²) in [6.07, 6.45) is 1.71. The number of pyridine rings is 1. The molecule has 0 saturated carbocycles. The van der Waals surface area contributed by atoms with Crippen molar-refractivity contribution in [3.8, 4) is 0 Å². The number of piperazine rings is 1. The minimum Gasteiger partial charge on any atom is -0.354 e. The number of benzene rings is 1. The number of nitrogens with one attached hydrogen (secondary N) is 1. The highest BCUT2D eigenvalue weighted by Gasteiger charge is 2.28. The van der Waals surface area contributed by atoms with Gasteiger partial charge in [-0.2, -0.15) is 4.31 Å². The van der Waals surface area contributed by atoms with E-state index < -0.39 is 27.4 Å². The van der Waals surface area contributed by atoms with Crippen LogP contribution in [0.3, 0.4) is 0 Å². The summed E-state index contributed by atoms with van der Waals surface area (Å²) in [5.41, 5.74) is 1.15. The number of sulfonamides is 1. The highest BCUT2D eigenvalue weighted by Crippen LogP contribution is 2.22. The smallest absolute Gasteiger partial charge is 0.218 e. The second kappa shape index (κ2) is 9.36. The van der Waals surface area contributed by atoms with Crippen LogP contribution in [0.15, 0.2) is 42.6 Å². The minimum atomic E-state index is -3.72. The molecule has 0 aliphatic carbocycles. The molecule has 174 valence electrons. The molecule has 2 aromatic heterocycles. The van der Waals surface area contributed by atoms with Crippen molar-refractivity contribution in [3.63, 3.8) is 0 Å². The Labute approximate surface area is 191 Å². The molecule has 3 aromatic rings. The predicted molar refractivity (Wildman–Crippen MR) is 122 cm³/mol. The van der Waals surface area contributed by atoms with Gasteiger partial charge in [-0.15, -0.1) is 0 Å². The van der Waals surface area contributed by atoms with E-state index in [1.165, 1.54) is 4.31 Å². The van der Waals surface area contributed by atoms with Gasteiger partial charge in [-0.05, 0) is 49.2 Å². The van der Waals surface area contributed by atoms with Gasteiger partial charge in [0.25, 0.3) is 0 Å². The lowest BCUT2D eigenvalue weighted by atomic mass is 10.2. The zero-order chi connectivity index (χ0) is 23.6. The monoisotopic (exact) mass is 474 g/mol. The lowest BCUT2D eigenvalue weighted by Crippen LogP contribution is -2.49. The van der Waals surface area contributed by atoms with E-state index in [-0.39, 0.29) is 18.7 Å². The van der Waals surface area contributed by atoms with Crippen molar-refractivity contribution in [2.45, 2.75) is 19.6 Å². The quantitative estimate of drug-likeness (QED) is 0.587. The number of nitrogens with zero attached hydrogens (tertiary/aromatic N) is 5. The second-order valence-electron chi connectivity index (χ2n) is 7.92. The Morgan fingerprint density at radius 1 is 0.939 bits per heavy atom. The molecule has 0 spiro atoms. The van der Waals surface area contributed by atoms with E-state index in [4.69, 9.17) is 0 Å². The number of hydrogen-bond acceptors (Lipinski definition) is 7. The molecule has 0 unspecified atom stereocenters. The van der Waals surface area contributed by atoms with Crippen molar-refractivity contribution >= 4 is 27.5 Å². The highest BCUT2D eigenvalue weighted by atomic mass is 32.2. The zero-order valence-electron chi connectivity index (χ0n) is 18.3. The van der Waals surface area contributed by atoms with Gasteiger partial charge in [0.05, 0.1) is 5.75 Å². The Morgan fingerprint density at radius 2 is 1.64 bits per heavy atom. The van der Waals surface area contributed by atoms with Gasteiger partial charge in [-0.3, -0.25) is 0 Å². The molecule has 8 nitrogen and oxygen atoms in total. The van der Waals surface area contributed by atoms with Crippen molar-refractivity contribution in [2.24, 2.45) is 0 Å². The summed E-state index contributed by atoms with van der Waals surface area (Å²) < 4.78 is 53.8. The van der Waals surface area contributed by atoms with Crippen molar-refractivity contribution in [2.75, 3.05) is 36.4 Å². The van der Waals surface area contributed by atoms with Gasteiger partial charge in [0, 0.05) is 44.5 Å². The molecule has 33 heavy (non-hydrogen) atoms. The molecule has 0 radical (unpaired) electrons. The Hall–Kier alpha value is -3.18. The summed E-state index contributed by atoms with van der Waals surface area (Å²) in [5.74, 6) is 0.477. The summed E-state index contributed by atoms with van der Waals surface area (Å²) in [6.45, 7) is 5.10. The Bertz CT molecular complexity index is 1240. The maximum absolute atomic E-state index is 13.4. The van der Waals surface area contributed by atoms with E-state index in [0.29, 0.717) is 36.4 Å². The van der Waals surface area contributed by atoms with Crippen molar-refractivity contribution in [1.29, 1.82) is 0 Å². The van der Waals surface area contributed by atoms with Crippen LogP contribution in [-0.2, 0) is 15.8 Å². The average molecular weight is 475 g/mol. The highest BCUT2D eigenvalue weighted by molar-refractivity contribution is 7.88. The molecular formula is C22H24F2N6O2S. The number of aryl methyl sites for hydroxylation is 2. The van der Waals surface area contributed by atoms with Gasteiger partial charge in [0.2, 0.25) is 10.0 Å². The fourth-order valence-electron chi connectivity index (χ4n) is 3.71. The van der Waals surface area contributed by atoms with Crippen LogP contribution in [0.5, 0.6) is 0 Å². The van der Waals surface area contributed by atoms with E-state index >= 15 is 0 Å². The summed E-state index contributed by atoms with van der Waals surface area (Å²) in [4.78, 5) is 15.2. The Morgan fingerprint density at radius 3 is 2.30 bits per heavy atom. The van der Waals surface area contributed by atoms with Gasteiger partial charge in [-0.25, -0.2) is 32.2 Å². The fraction of sp³-hybridized carbons (Fsp3) is 0.318. The molecule has 3 heterocycles. The Kier molecular flexibility index (Phi) is 6.52. The van der Waals surface area contributed by atoms with Gasteiger partial charge < -0.3 is 10.2 Å². The van der Waals surface area contributed by atoms with E-state index in [2.05, 4.69) is 20.3 Å². The lowest BCUT2D eigenvalue weighted by molar-refractivity contribution is 0.383. The third-order valence-electron chi connectivity index (χ3n) is 5.22. The van der Waals surface area contributed by atoms with Crippen molar-refractivity contribution in [1.82, 2.24) is 19.3 Å². The normalized spacial score (nSPS) is 15.0. The van der Waals surface area contributed by atoms with E-state index in [1.54, 1.807) is 19.2 Å². The van der Waals surface area contributed by atoms with Gasteiger partial charge >= 0.3 is 0 Å². The number of anilines is 3.